The number of carbonyl (C=O) groups is 1. The monoisotopic (exact) mass is 686 g/mol. The van der Waals surface area contributed by atoms with E-state index >= 15 is 0 Å². The average molecular weight is 687 g/mol. The molecule has 0 spiro atoms. The molecule has 0 aromatic heterocycles. The van der Waals surface area contributed by atoms with Crippen molar-refractivity contribution in [3.8, 4) is 23.0 Å². The first-order valence-corrected chi connectivity index (χ1v) is 16.4. The van der Waals surface area contributed by atoms with Crippen LogP contribution in [0.15, 0.2) is 94.7 Å². The fourth-order valence-corrected chi connectivity index (χ4v) is 7.03. The number of ether oxygens (including phenoxy) is 4. The van der Waals surface area contributed by atoms with Crippen LogP contribution in [-0.4, -0.2) is 62.7 Å². The third kappa shape index (κ3) is 7.64. The van der Waals surface area contributed by atoms with Gasteiger partial charge in [0.15, 0.2) is 4.90 Å². The van der Waals surface area contributed by atoms with Gasteiger partial charge in [-0.05, 0) is 54.6 Å². The summed E-state index contributed by atoms with van der Waals surface area (Å²) in [5.74, 6) is 0.139. The number of nitro groups is 1. The lowest BCUT2D eigenvalue weighted by Gasteiger charge is -2.25. The number of amides is 1. The Kier molecular flexibility index (Phi) is 10.4. The molecule has 0 saturated heterocycles. The molecule has 0 bridgehead atoms. The topological polar surface area (TPSA) is 193 Å². The summed E-state index contributed by atoms with van der Waals surface area (Å²) in [7, 11) is -3.35. The SMILES string of the molecule is COc1ccc(OC)c(NS(=O)(=O)c2ccc(NC(=O)CN(c3ccc(OC)cc3OC)S(=O)(=O)c3ccccc3[N+](=O)[O-])cc2)c1. The molecule has 47 heavy (non-hydrogen) atoms. The fraction of sp³-hybridized carbons (Fsp3) is 0.167. The smallest absolute Gasteiger partial charge is 0.289 e. The van der Waals surface area contributed by atoms with Crippen LogP contribution in [0.1, 0.15) is 0 Å². The predicted octanol–water partition coefficient (Wildman–Crippen LogP) is 4.26. The van der Waals surface area contributed by atoms with Gasteiger partial charge in [0.2, 0.25) is 5.91 Å². The Morgan fingerprint density at radius 3 is 2.02 bits per heavy atom. The zero-order chi connectivity index (χ0) is 34.4. The zero-order valence-corrected chi connectivity index (χ0v) is 27.1. The molecule has 0 aliphatic carbocycles. The van der Waals surface area contributed by atoms with E-state index in [9.17, 15) is 31.7 Å². The van der Waals surface area contributed by atoms with E-state index < -0.39 is 48.0 Å². The van der Waals surface area contributed by atoms with Crippen molar-refractivity contribution in [2.24, 2.45) is 0 Å². The Balaban J connectivity index is 1.63. The van der Waals surface area contributed by atoms with Crippen LogP contribution in [0.25, 0.3) is 0 Å². The van der Waals surface area contributed by atoms with Crippen molar-refractivity contribution in [3.05, 3.63) is 95.0 Å². The summed E-state index contributed by atoms with van der Waals surface area (Å²) in [6.07, 6.45) is 0. The van der Waals surface area contributed by atoms with Gasteiger partial charge in [0.1, 0.15) is 29.5 Å². The highest BCUT2D eigenvalue weighted by Gasteiger charge is 2.35. The Morgan fingerprint density at radius 1 is 0.787 bits per heavy atom. The molecule has 17 heteroatoms. The van der Waals surface area contributed by atoms with Gasteiger partial charge in [-0.2, -0.15) is 0 Å². The molecule has 0 radical (unpaired) electrons. The second-order valence-corrected chi connectivity index (χ2v) is 13.0. The molecule has 0 atom stereocenters. The summed E-state index contributed by atoms with van der Waals surface area (Å²) in [6, 6.07) is 18.6. The molecule has 248 valence electrons. The maximum atomic E-state index is 13.9. The van der Waals surface area contributed by atoms with Gasteiger partial charge in [-0.15, -0.1) is 0 Å². The van der Waals surface area contributed by atoms with E-state index in [1.54, 1.807) is 6.07 Å². The fourth-order valence-electron chi connectivity index (χ4n) is 4.38. The van der Waals surface area contributed by atoms with Crippen LogP contribution in [0.2, 0.25) is 0 Å². The van der Waals surface area contributed by atoms with Gasteiger partial charge in [0.25, 0.3) is 25.7 Å². The van der Waals surface area contributed by atoms with Crippen molar-refractivity contribution in [3.63, 3.8) is 0 Å². The van der Waals surface area contributed by atoms with Gasteiger partial charge in [-0.25, -0.2) is 16.8 Å². The van der Waals surface area contributed by atoms with E-state index in [4.69, 9.17) is 18.9 Å². The Hall–Kier alpha value is -5.55. The Labute approximate surface area is 270 Å². The molecule has 0 fully saturated rings. The molecular formula is C30H30N4O11S2. The standard InChI is InChI=1S/C30H30N4O11S2/c1-42-21-12-16-27(44-3)24(17-21)32-46(38,39)23-13-9-20(10-14-23)31-30(35)19-33(25-15-11-22(43-2)18-28(25)45-4)47(40,41)29-8-6-5-7-26(29)34(36)37/h5-18,32H,19H2,1-4H3,(H,31,35). The first kappa shape index (κ1) is 34.3. The lowest BCUT2D eigenvalue weighted by molar-refractivity contribution is -0.387. The predicted molar refractivity (Wildman–Crippen MR) is 173 cm³/mol. The van der Waals surface area contributed by atoms with Gasteiger partial charge in [-0.1, -0.05) is 12.1 Å². The van der Waals surface area contributed by atoms with Crippen molar-refractivity contribution in [1.82, 2.24) is 0 Å². The van der Waals surface area contributed by atoms with Gasteiger partial charge in [-0.3, -0.25) is 23.9 Å². The molecule has 2 N–H and O–H groups in total. The number of nitrogens with zero attached hydrogens (tertiary/aromatic N) is 2. The minimum Gasteiger partial charge on any atom is -0.497 e. The van der Waals surface area contributed by atoms with E-state index in [2.05, 4.69) is 10.0 Å². The number of hydrogen-bond acceptors (Lipinski definition) is 11. The number of para-hydroxylation sites is 1. The van der Waals surface area contributed by atoms with Crippen molar-refractivity contribution >= 4 is 48.7 Å². The number of nitrogens with one attached hydrogen (secondary N) is 2. The molecule has 1 amide bonds. The Bertz CT molecular complexity index is 2000. The van der Waals surface area contributed by atoms with Crippen LogP contribution in [0, 0.1) is 10.1 Å². The van der Waals surface area contributed by atoms with E-state index in [0.717, 1.165) is 12.1 Å². The maximum absolute atomic E-state index is 13.9. The number of nitro benzene ring substituents is 1. The van der Waals surface area contributed by atoms with Gasteiger partial charge in [0.05, 0.1) is 49.6 Å². The Morgan fingerprint density at radius 2 is 1.40 bits per heavy atom. The summed E-state index contributed by atoms with van der Waals surface area (Å²) in [4.78, 5) is 23.4. The molecular weight excluding hydrogens is 656 g/mol. The van der Waals surface area contributed by atoms with Crippen molar-refractivity contribution in [2.75, 3.05) is 49.3 Å². The van der Waals surface area contributed by atoms with Crippen LogP contribution in [-0.2, 0) is 24.8 Å². The number of rotatable bonds is 14. The molecule has 4 aromatic rings. The van der Waals surface area contributed by atoms with E-state index in [1.807, 2.05) is 0 Å². The normalized spacial score (nSPS) is 11.2. The van der Waals surface area contributed by atoms with Crippen LogP contribution in [0.4, 0.5) is 22.7 Å². The van der Waals surface area contributed by atoms with Crippen LogP contribution in [0.3, 0.4) is 0 Å². The van der Waals surface area contributed by atoms with Gasteiger partial charge in [0, 0.05) is 23.9 Å². The van der Waals surface area contributed by atoms with Crippen molar-refractivity contribution in [2.45, 2.75) is 9.79 Å². The first-order valence-electron chi connectivity index (χ1n) is 13.5. The summed E-state index contributed by atoms with van der Waals surface area (Å²) < 4.78 is 78.1. The average Bonchev–Trinajstić information content (AvgIpc) is 3.06. The molecule has 0 saturated carbocycles. The highest BCUT2D eigenvalue weighted by Crippen LogP contribution is 2.37. The molecule has 4 rings (SSSR count). The van der Waals surface area contributed by atoms with Gasteiger partial charge < -0.3 is 24.3 Å². The van der Waals surface area contributed by atoms with E-state index in [1.165, 1.54) is 95.2 Å². The van der Waals surface area contributed by atoms with Crippen LogP contribution in [0.5, 0.6) is 23.0 Å². The molecule has 0 aliphatic rings. The largest absolute Gasteiger partial charge is 0.497 e. The number of carbonyl (C=O) groups excluding carboxylic acids is 1. The second kappa shape index (κ2) is 14.3. The quantitative estimate of drug-likeness (QED) is 0.142. The highest BCUT2D eigenvalue weighted by atomic mass is 32.2. The van der Waals surface area contributed by atoms with Crippen LogP contribution >= 0.6 is 0 Å². The van der Waals surface area contributed by atoms with E-state index in [0.29, 0.717) is 15.8 Å². The molecule has 4 aromatic carbocycles. The third-order valence-corrected chi connectivity index (χ3v) is 9.86. The van der Waals surface area contributed by atoms with Crippen molar-refractivity contribution < 1.29 is 45.5 Å². The summed E-state index contributed by atoms with van der Waals surface area (Å²) in [6.45, 7) is -0.839. The minimum atomic E-state index is -4.73. The number of sulfonamides is 2. The van der Waals surface area contributed by atoms with Crippen molar-refractivity contribution in [1.29, 1.82) is 0 Å². The molecule has 0 unspecified atom stereocenters. The summed E-state index contributed by atoms with van der Waals surface area (Å²) >= 11 is 0. The molecule has 15 nitrogen and oxygen atoms in total. The summed E-state index contributed by atoms with van der Waals surface area (Å²) in [5.41, 5.74) is -0.514. The second-order valence-electron chi connectivity index (χ2n) is 9.52. The number of benzene rings is 4. The summed E-state index contributed by atoms with van der Waals surface area (Å²) in [5, 5.41) is 14.2. The van der Waals surface area contributed by atoms with Crippen LogP contribution < -0.4 is 33.3 Å². The molecule has 0 aliphatic heterocycles. The number of methoxy groups -OCH3 is 4. The number of anilines is 3. The molecule has 0 heterocycles. The lowest BCUT2D eigenvalue weighted by atomic mass is 10.2. The lowest BCUT2D eigenvalue weighted by Crippen LogP contribution is -2.38. The van der Waals surface area contributed by atoms with E-state index in [-0.39, 0.29) is 33.5 Å². The minimum absolute atomic E-state index is 0.00837. The first-order chi connectivity index (χ1) is 22.3. The highest BCUT2D eigenvalue weighted by molar-refractivity contribution is 7.93. The third-order valence-electron chi connectivity index (χ3n) is 6.67. The maximum Gasteiger partial charge on any atom is 0.289 e. The zero-order valence-electron chi connectivity index (χ0n) is 25.5. The van der Waals surface area contributed by atoms with Gasteiger partial charge >= 0.3 is 0 Å². The number of hydrogen-bond donors (Lipinski definition) is 2.